The monoisotopic (exact) mass is 287 g/mol. The van der Waals surface area contributed by atoms with Crippen LogP contribution in [0.25, 0.3) is 0 Å². The van der Waals surface area contributed by atoms with Crippen molar-refractivity contribution in [2.24, 2.45) is 0 Å². The smallest absolute Gasteiger partial charge is 0.253 e. The number of hydrogen-bond acceptors (Lipinski definition) is 4. The van der Waals surface area contributed by atoms with Gasteiger partial charge in [-0.15, -0.1) is 11.8 Å². The molecule has 0 atom stereocenters. The molecule has 2 aromatic rings. The highest BCUT2D eigenvalue weighted by molar-refractivity contribution is 7.99. The average Bonchev–Trinajstić information content (AvgIpc) is 2.47. The van der Waals surface area contributed by atoms with E-state index in [1.54, 1.807) is 30.9 Å². The molecule has 0 saturated heterocycles. The van der Waals surface area contributed by atoms with Gasteiger partial charge < -0.3 is 11.1 Å². The van der Waals surface area contributed by atoms with Gasteiger partial charge >= 0.3 is 0 Å². The molecule has 0 radical (unpaired) electrons. The number of carbonyl (C=O) groups excluding carboxylic acids is 1. The third kappa shape index (κ3) is 3.99. The van der Waals surface area contributed by atoms with E-state index < -0.39 is 0 Å². The van der Waals surface area contributed by atoms with E-state index in [-0.39, 0.29) is 5.91 Å². The molecule has 2 rings (SSSR count). The predicted molar refractivity (Wildman–Crippen MR) is 82.9 cm³/mol. The number of carbonyl (C=O) groups is 1. The highest BCUT2D eigenvalue weighted by Crippen LogP contribution is 2.16. The molecule has 0 aliphatic rings. The maximum absolute atomic E-state index is 12.0. The zero-order valence-corrected chi connectivity index (χ0v) is 12.1. The number of nitrogens with two attached hydrogens (primary N) is 1. The molecule has 0 unspecified atom stereocenters. The van der Waals surface area contributed by atoms with Crippen molar-refractivity contribution in [1.29, 1.82) is 0 Å². The van der Waals surface area contributed by atoms with E-state index in [1.165, 1.54) is 4.90 Å². The minimum atomic E-state index is -0.129. The van der Waals surface area contributed by atoms with Gasteiger partial charge in [0, 0.05) is 17.2 Å². The molecule has 3 N–H and O–H groups in total. The summed E-state index contributed by atoms with van der Waals surface area (Å²) in [6.45, 7) is 2.40. The number of hydrogen-bond donors (Lipinski definition) is 2. The molecule has 0 aliphatic heterocycles. The molecule has 1 amide bonds. The summed E-state index contributed by atoms with van der Waals surface area (Å²) in [5.74, 6) is 0.695. The first-order valence-corrected chi connectivity index (χ1v) is 7.33. The van der Waals surface area contributed by atoms with Gasteiger partial charge in [-0.2, -0.15) is 0 Å². The molecular formula is C15H17N3OS. The van der Waals surface area contributed by atoms with Gasteiger partial charge in [0.2, 0.25) is 0 Å². The van der Waals surface area contributed by atoms with E-state index in [9.17, 15) is 4.79 Å². The molecule has 104 valence electrons. The Balaban J connectivity index is 1.82. The van der Waals surface area contributed by atoms with Crippen molar-refractivity contribution in [3.8, 4) is 0 Å². The van der Waals surface area contributed by atoms with Crippen LogP contribution in [0.1, 0.15) is 16.1 Å². The molecule has 1 aromatic carbocycles. The summed E-state index contributed by atoms with van der Waals surface area (Å²) in [7, 11) is 0. The van der Waals surface area contributed by atoms with Crippen LogP contribution in [0.4, 0.5) is 5.69 Å². The summed E-state index contributed by atoms with van der Waals surface area (Å²) in [6.07, 6.45) is 1.55. The summed E-state index contributed by atoms with van der Waals surface area (Å²) in [6, 6.07) is 11.8. The number of nitrogens with one attached hydrogen (secondary N) is 1. The molecule has 0 saturated carbocycles. The zero-order valence-electron chi connectivity index (χ0n) is 11.3. The fraction of sp³-hybridized carbons (Fsp3) is 0.200. The normalized spacial score (nSPS) is 10.2. The van der Waals surface area contributed by atoms with E-state index in [1.807, 2.05) is 18.2 Å². The highest BCUT2D eigenvalue weighted by atomic mass is 32.2. The summed E-state index contributed by atoms with van der Waals surface area (Å²) in [5, 5.41) is 2.88. The van der Waals surface area contributed by atoms with Crippen LogP contribution in [-0.4, -0.2) is 23.2 Å². The van der Waals surface area contributed by atoms with Gasteiger partial charge in [-0.05, 0) is 25.1 Å². The Hall–Kier alpha value is -2.01. The second kappa shape index (κ2) is 6.96. The standard InChI is InChI=1S/C15H17N3OS/c1-11-14(9-12(16)10-18-11)15(19)17-7-8-20-13-5-3-2-4-6-13/h2-6,9-10H,7-8,16H2,1H3,(H,17,19). The van der Waals surface area contributed by atoms with E-state index >= 15 is 0 Å². The summed E-state index contributed by atoms with van der Waals surface area (Å²) >= 11 is 1.71. The minimum absolute atomic E-state index is 0.129. The van der Waals surface area contributed by atoms with Gasteiger partial charge in [-0.25, -0.2) is 0 Å². The van der Waals surface area contributed by atoms with Crippen molar-refractivity contribution in [2.45, 2.75) is 11.8 Å². The van der Waals surface area contributed by atoms with Gasteiger partial charge in [-0.1, -0.05) is 18.2 Å². The van der Waals surface area contributed by atoms with Crippen molar-refractivity contribution < 1.29 is 4.79 Å². The van der Waals surface area contributed by atoms with Gasteiger partial charge in [0.15, 0.2) is 0 Å². The number of nitrogen functional groups attached to an aromatic ring is 1. The van der Waals surface area contributed by atoms with E-state index in [0.29, 0.717) is 23.5 Å². The largest absolute Gasteiger partial charge is 0.397 e. The fourth-order valence-corrected chi connectivity index (χ4v) is 2.51. The lowest BCUT2D eigenvalue weighted by molar-refractivity contribution is 0.0955. The quantitative estimate of drug-likeness (QED) is 0.655. The molecule has 0 bridgehead atoms. The number of benzene rings is 1. The second-order valence-corrected chi connectivity index (χ2v) is 5.49. The van der Waals surface area contributed by atoms with Gasteiger partial charge in [-0.3, -0.25) is 9.78 Å². The van der Waals surface area contributed by atoms with Crippen molar-refractivity contribution in [3.05, 3.63) is 53.9 Å². The van der Waals surface area contributed by atoms with Gasteiger partial charge in [0.25, 0.3) is 5.91 Å². The van der Waals surface area contributed by atoms with Crippen LogP contribution < -0.4 is 11.1 Å². The first kappa shape index (κ1) is 14.4. The molecule has 0 aliphatic carbocycles. The Kier molecular flexibility index (Phi) is 5.01. The molecule has 1 aromatic heterocycles. The van der Waals surface area contributed by atoms with Crippen LogP contribution >= 0.6 is 11.8 Å². The molecule has 5 heteroatoms. The maximum Gasteiger partial charge on any atom is 0.253 e. The second-order valence-electron chi connectivity index (χ2n) is 4.32. The lowest BCUT2D eigenvalue weighted by atomic mass is 10.2. The molecule has 1 heterocycles. The molecule has 0 spiro atoms. The van der Waals surface area contributed by atoms with E-state index in [4.69, 9.17) is 5.73 Å². The average molecular weight is 287 g/mol. The van der Waals surface area contributed by atoms with Gasteiger partial charge in [0.05, 0.1) is 23.1 Å². The first-order valence-electron chi connectivity index (χ1n) is 6.35. The van der Waals surface area contributed by atoms with Crippen LogP contribution in [0, 0.1) is 6.92 Å². The topological polar surface area (TPSA) is 68.0 Å². The first-order chi connectivity index (χ1) is 9.66. The van der Waals surface area contributed by atoms with Crippen molar-refractivity contribution in [2.75, 3.05) is 18.0 Å². The lowest BCUT2D eigenvalue weighted by Gasteiger charge is -2.07. The zero-order chi connectivity index (χ0) is 14.4. The van der Waals surface area contributed by atoms with Crippen LogP contribution in [0.2, 0.25) is 0 Å². The minimum Gasteiger partial charge on any atom is -0.397 e. The number of pyridine rings is 1. The van der Waals surface area contributed by atoms with Crippen molar-refractivity contribution >= 4 is 23.4 Å². The van der Waals surface area contributed by atoms with Crippen molar-refractivity contribution in [1.82, 2.24) is 10.3 Å². The summed E-state index contributed by atoms with van der Waals surface area (Å²) in [4.78, 5) is 17.3. The fourth-order valence-electron chi connectivity index (χ4n) is 1.72. The molecular weight excluding hydrogens is 270 g/mol. The van der Waals surface area contributed by atoms with Crippen LogP contribution in [-0.2, 0) is 0 Å². The third-order valence-corrected chi connectivity index (χ3v) is 3.77. The molecule has 20 heavy (non-hydrogen) atoms. The number of anilines is 1. The number of thioether (sulfide) groups is 1. The third-order valence-electron chi connectivity index (χ3n) is 2.75. The number of nitrogens with zero attached hydrogens (tertiary/aromatic N) is 1. The number of aromatic nitrogens is 1. The lowest BCUT2D eigenvalue weighted by Crippen LogP contribution is -2.26. The number of rotatable bonds is 5. The number of amides is 1. The Morgan fingerprint density at radius 2 is 2.10 bits per heavy atom. The van der Waals surface area contributed by atoms with Crippen LogP contribution in [0.15, 0.2) is 47.5 Å². The summed E-state index contributed by atoms with van der Waals surface area (Å²) < 4.78 is 0. The molecule has 0 fully saturated rings. The SMILES string of the molecule is Cc1ncc(N)cc1C(=O)NCCSc1ccccc1. The Bertz CT molecular complexity index is 587. The Labute approximate surface area is 122 Å². The maximum atomic E-state index is 12.0. The Morgan fingerprint density at radius 1 is 1.35 bits per heavy atom. The summed E-state index contributed by atoms with van der Waals surface area (Å²) in [5.41, 5.74) is 7.37. The predicted octanol–water partition coefficient (Wildman–Crippen LogP) is 2.49. The van der Waals surface area contributed by atoms with E-state index in [2.05, 4.69) is 22.4 Å². The highest BCUT2D eigenvalue weighted by Gasteiger charge is 2.09. The van der Waals surface area contributed by atoms with Crippen molar-refractivity contribution in [3.63, 3.8) is 0 Å². The Morgan fingerprint density at radius 3 is 2.85 bits per heavy atom. The number of aryl methyl sites for hydroxylation is 1. The van der Waals surface area contributed by atoms with Gasteiger partial charge in [0.1, 0.15) is 0 Å². The van der Waals surface area contributed by atoms with Crippen LogP contribution in [0.5, 0.6) is 0 Å². The van der Waals surface area contributed by atoms with E-state index in [0.717, 1.165) is 5.75 Å². The van der Waals surface area contributed by atoms with Crippen LogP contribution in [0.3, 0.4) is 0 Å². The molecule has 4 nitrogen and oxygen atoms in total.